The van der Waals surface area contributed by atoms with Crippen LogP contribution in [-0.2, 0) is 0 Å². The van der Waals surface area contributed by atoms with Gasteiger partial charge >= 0.3 is 0 Å². The smallest absolute Gasteiger partial charge is 0.0912 e. The largest absolute Gasteiger partial charge is 0.396 e. The van der Waals surface area contributed by atoms with Crippen molar-refractivity contribution in [3.63, 3.8) is 0 Å². The van der Waals surface area contributed by atoms with E-state index in [9.17, 15) is 0 Å². The molecule has 0 atom stereocenters. The molecule has 0 amide bonds. The summed E-state index contributed by atoms with van der Waals surface area (Å²) in [6, 6.07) is 2.10. The number of aliphatic hydroxyl groups excluding tert-OH is 1. The minimum atomic E-state index is -0.0452. The van der Waals surface area contributed by atoms with Gasteiger partial charge in [-0.2, -0.15) is 0 Å². The zero-order valence-corrected chi connectivity index (χ0v) is 9.24. The number of nitrogens with one attached hydrogen (secondary N) is 1. The highest BCUT2D eigenvalue weighted by molar-refractivity contribution is 7.14. The van der Waals surface area contributed by atoms with Gasteiger partial charge in [0.25, 0.3) is 0 Å². The summed E-state index contributed by atoms with van der Waals surface area (Å²) < 4.78 is 0. The predicted molar refractivity (Wildman–Crippen MR) is 58.4 cm³/mol. The van der Waals surface area contributed by atoms with Crippen molar-refractivity contribution in [1.82, 2.24) is 0 Å². The second-order valence-electron chi connectivity index (χ2n) is 4.11. The molecule has 2 nitrogen and oxygen atoms in total. The molecule has 0 aromatic carbocycles. The second kappa shape index (κ2) is 4.11. The minimum Gasteiger partial charge on any atom is -0.396 e. The van der Waals surface area contributed by atoms with Crippen molar-refractivity contribution < 1.29 is 5.11 Å². The molecule has 0 fully saturated rings. The molecule has 1 heterocycles. The lowest BCUT2D eigenvalue weighted by Crippen LogP contribution is -2.26. The van der Waals surface area contributed by atoms with Gasteiger partial charge in [0.05, 0.1) is 5.00 Å². The van der Waals surface area contributed by atoms with Gasteiger partial charge in [-0.3, -0.25) is 0 Å². The molecule has 1 aromatic heterocycles. The summed E-state index contributed by atoms with van der Waals surface area (Å²) in [5, 5.41) is 15.7. The number of anilines is 1. The number of rotatable bonds is 4. The van der Waals surface area contributed by atoms with E-state index < -0.39 is 0 Å². The van der Waals surface area contributed by atoms with Gasteiger partial charge in [-0.25, -0.2) is 0 Å². The third-order valence-electron chi connectivity index (χ3n) is 2.02. The number of aliphatic hydroxyl groups is 1. The minimum absolute atomic E-state index is 0.0452. The van der Waals surface area contributed by atoms with Crippen LogP contribution >= 0.6 is 11.3 Å². The molecule has 0 bridgehead atoms. The Morgan fingerprint density at radius 2 is 2.23 bits per heavy atom. The van der Waals surface area contributed by atoms with Crippen molar-refractivity contribution in [2.45, 2.75) is 20.8 Å². The molecule has 2 N–H and O–H groups in total. The average molecular weight is 199 g/mol. The first-order valence-corrected chi connectivity index (χ1v) is 5.32. The van der Waals surface area contributed by atoms with E-state index in [1.165, 1.54) is 10.6 Å². The second-order valence-corrected chi connectivity index (χ2v) is 5.02. The van der Waals surface area contributed by atoms with Crippen LogP contribution in [0.2, 0.25) is 0 Å². The van der Waals surface area contributed by atoms with E-state index in [1.807, 2.05) is 13.8 Å². The van der Waals surface area contributed by atoms with E-state index >= 15 is 0 Å². The zero-order valence-electron chi connectivity index (χ0n) is 8.42. The van der Waals surface area contributed by atoms with Crippen LogP contribution in [0.15, 0.2) is 11.4 Å². The van der Waals surface area contributed by atoms with Crippen molar-refractivity contribution in [3.05, 3.63) is 17.0 Å². The topological polar surface area (TPSA) is 32.3 Å². The lowest BCUT2D eigenvalue weighted by Gasteiger charge is -2.22. The number of hydrogen-bond donors (Lipinski definition) is 2. The number of thiophene rings is 1. The normalized spacial score (nSPS) is 11.7. The summed E-state index contributed by atoms with van der Waals surface area (Å²) in [6.45, 7) is 7.20. The average Bonchev–Trinajstić information content (AvgIpc) is 2.48. The van der Waals surface area contributed by atoms with E-state index in [2.05, 4.69) is 23.7 Å². The molecule has 0 aliphatic rings. The Morgan fingerprint density at radius 3 is 2.69 bits per heavy atom. The highest BCUT2D eigenvalue weighted by Gasteiger charge is 2.16. The molecule has 0 saturated heterocycles. The first kappa shape index (κ1) is 10.5. The van der Waals surface area contributed by atoms with Crippen LogP contribution in [0.25, 0.3) is 0 Å². The summed E-state index contributed by atoms with van der Waals surface area (Å²) >= 11 is 1.71. The molecule has 0 unspecified atom stereocenters. The van der Waals surface area contributed by atoms with Gasteiger partial charge in [0.2, 0.25) is 0 Å². The van der Waals surface area contributed by atoms with Crippen LogP contribution in [0.3, 0.4) is 0 Å². The van der Waals surface area contributed by atoms with Crippen molar-refractivity contribution in [2.24, 2.45) is 5.41 Å². The molecule has 1 rings (SSSR count). The summed E-state index contributed by atoms with van der Waals surface area (Å²) in [6.07, 6.45) is 0. The number of hydrogen-bond acceptors (Lipinski definition) is 3. The van der Waals surface area contributed by atoms with Crippen LogP contribution in [0.1, 0.15) is 19.4 Å². The molecule has 0 aliphatic carbocycles. The van der Waals surface area contributed by atoms with Crippen molar-refractivity contribution in [1.29, 1.82) is 0 Å². The van der Waals surface area contributed by atoms with Crippen molar-refractivity contribution >= 4 is 16.3 Å². The Labute approximate surface area is 83.6 Å². The van der Waals surface area contributed by atoms with E-state index in [4.69, 9.17) is 5.11 Å². The monoisotopic (exact) mass is 199 g/mol. The van der Waals surface area contributed by atoms with Crippen LogP contribution in [0.4, 0.5) is 5.00 Å². The summed E-state index contributed by atoms with van der Waals surface area (Å²) in [5.41, 5.74) is 1.23. The molecule has 0 aliphatic heterocycles. The first-order valence-electron chi connectivity index (χ1n) is 4.44. The number of aryl methyl sites for hydroxylation is 1. The van der Waals surface area contributed by atoms with Gasteiger partial charge in [-0.1, -0.05) is 13.8 Å². The molecule has 74 valence electrons. The molecule has 13 heavy (non-hydrogen) atoms. The third kappa shape index (κ3) is 3.01. The van der Waals surface area contributed by atoms with E-state index in [1.54, 1.807) is 11.3 Å². The zero-order chi connectivity index (χ0) is 9.90. The van der Waals surface area contributed by atoms with Crippen molar-refractivity contribution in [2.75, 3.05) is 18.5 Å². The van der Waals surface area contributed by atoms with Gasteiger partial charge in [0.1, 0.15) is 0 Å². The fraction of sp³-hybridized carbons (Fsp3) is 0.600. The Bertz CT molecular complexity index is 268. The highest BCUT2D eigenvalue weighted by atomic mass is 32.1. The van der Waals surface area contributed by atoms with Crippen LogP contribution in [0, 0.1) is 12.3 Å². The fourth-order valence-corrected chi connectivity index (χ4v) is 1.75. The lowest BCUT2D eigenvalue weighted by atomic mass is 9.95. The van der Waals surface area contributed by atoms with E-state index in [0.29, 0.717) is 0 Å². The SMILES string of the molecule is Cc1ccsc1NCC(C)(C)CO. The molecular formula is C10H17NOS. The van der Waals surface area contributed by atoms with Crippen LogP contribution in [0.5, 0.6) is 0 Å². The van der Waals surface area contributed by atoms with Crippen LogP contribution in [-0.4, -0.2) is 18.3 Å². The molecule has 0 spiro atoms. The molecule has 0 radical (unpaired) electrons. The van der Waals surface area contributed by atoms with Gasteiger partial charge in [-0.05, 0) is 23.9 Å². The Kier molecular flexibility index (Phi) is 3.33. The summed E-state index contributed by atoms with van der Waals surface area (Å²) in [7, 11) is 0. The third-order valence-corrected chi connectivity index (χ3v) is 2.99. The van der Waals surface area contributed by atoms with Gasteiger partial charge in [0.15, 0.2) is 0 Å². The first-order chi connectivity index (χ1) is 6.05. The molecule has 1 aromatic rings. The summed E-state index contributed by atoms with van der Waals surface area (Å²) in [4.78, 5) is 0. The Balaban J connectivity index is 2.48. The van der Waals surface area contributed by atoms with Gasteiger partial charge in [-0.15, -0.1) is 11.3 Å². The molecule has 3 heteroatoms. The standard InChI is InChI=1S/C10H17NOS/c1-8-4-5-13-9(8)11-6-10(2,3)7-12/h4-5,11-12H,6-7H2,1-3H3. The Hall–Kier alpha value is -0.540. The predicted octanol–water partition coefficient (Wildman–Crippen LogP) is 2.49. The van der Waals surface area contributed by atoms with E-state index in [0.717, 1.165) is 6.54 Å². The van der Waals surface area contributed by atoms with E-state index in [-0.39, 0.29) is 12.0 Å². The maximum absolute atomic E-state index is 9.06. The summed E-state index contributed by atoms with van der Waals surface area (Å²) in [5.74, 6) is 0. The maximum Gasteiger partial charge on any atom is 0.0912 e. The Morgan fingerprint density at radius 1 is 1.54 bits per heavy atom. The lowest BCUT2D eigenvalue weighted by molar-refractivity contribution is 0.171. The molecule has 0 saturated carbocycles. The maximum atomic E-state index is 9.06. The quantitative estimate of drug-likeness (QED) is 0.781. The van der Waals surface area contributed by atoms with Crippen LogP contribution < -0.4 is 5.32 Å². The highest BCUT2D eigenvalue weighted by Crippen LogP contribution is 2.24. The fourth-order valence-electron chi connectivity index (χ4n) is 0.929. The molecular weight excluding hydrogens is 182 g/mol. The van der Waals surface area contributed by atoms with Gasteiger partial charge < -0.3 is 10.4 Å². The van der Waals surface area contributed by atoms with Gasteiger partial charge in [0, 0.05) is 18.6 Å². The van der Waals surface area contributed by atoms with Crippen molar-refractivity contribution in [3.8, 4) is 0 Å².